The van der Waals surface area contributed by atoms with Gasteiger partial charge in [0.1, 0.15) is 5.82 Å². The van der Waals surface area contributed by atoms with Crippen molar-refractivity contribution in [2.24, 2.45) is 0 Å². The zero-order chi connectivity index (χ0) is 14.0. The van der Waals surface area contributed by atoms with Crippen molar-refractivity contribution < 1.29 is 0 Å². The summed E-state index contributed by atoms with van der Waals surface area (Å²) in [6.45, 7) is 4.09. The molecule has 2 rings (SSSR count). The second-order valence-electron chi connectivity index (χ2n) is 4.47. The molecule has 0 saturated heterocycles. The highest BCUT2D eigenvalue weighted by Gasteiger charge is 2.07. The molecule has 2 aromatic rings. The lowest BCUT2D eigenvalue weighted by Crippen LogP contribution is -2.04. The van der Waals surface area contributed by atoms with Crippen molar-refractivity contribution in [1.82, 2.24) is 9.97 Å². The molecule has 0 aliphatic carbocycles. The van der Waals surface area contributed by atoms with Crippen molar-refractivity contribution in [1.29, 1.82) is 0 Å². The number of benzene rings is 1. The standard InChI is InChI=1S/C13H14Cl2N4/c1-7(2)11-6-12(19-13(16)18-11)17-10-4-8(14)3-9(15)5-10/h3-7H,1-2H3,(H3,16,17,18,19). The van der Waals surface area contributed by atoms with Crippen LogP contribution in [-0.4, -0.2) is 9.97 Å². The maximum atomic E-state index is 5.95. The molecule has 4 nitrogen and oxygen atoms in total. The van der Waals surface area contributed by atoms with Crippen LogP contribution in [0.3, 0.4) is 0 Å². The molecule has 0 spiro atoms. The smallest absolute Gasteiger partial charge is 0.222 e. The Bertz CT molecular complexity index is 579. The highest BCUT2D eigenvalue weighted by atomic mass is 35.5. The molecule has 0 saturated carbocycles. The number of aromatic nitrogens is 2. The van der Waals surface area contributed by atoms with Crippen molar-refractivity contribution in [2.75, 3.05) is 11.1 Å². The van der Waals surface area contributed by atoms with E-state index in [9.17, 15) is 0 Å². The summed E-state index contributed by atoms with van der Waals surface area (Å²) in [5.41, 5.74) is 7.33. The average molecular weight is 297 g/mol. The Morgan fingerprint density at radius 3 is 2.26 bits per heavy atom. The minimum atomic E-state index is 0.238. The molecule has 1 heterocycles. The highest BCUT2D eigenvalue weighted by molar-refractivity contribution is 6.35. The fourth-order valence-corrected chi connectivity index (χ4v) is 2.15. The normalized spacial score (nSPS) is 10.8. The van der Waals surface area contributed by atoms with E-state index in [0.29, 0.717) is 15.9 Å². The summed E-state index contributed by atoms with van der Waals surface area (Å²) in [6, 6.07) is 7.06. The molecule has 0 amide bonds. The molecule has 0 radical (unpaired) electrons. The molecule has 19 heavy (non-hydrogen) atoms. The van der Waals surface area contributed by atoms with Gasteiger partial charge in [-0.3, -0.25) is 0 Å². The lowest BCUT2D eigenvalue weighted by atomic mass is 10.1. The largest absolute Gasteiger partial charge is 0.368 e. The van der Waals surface area contributed by atoms with Gasteiger partial charge in [0.2, 0.25) is 5.95 Å². The monoisotopic (exact) mass is 296 g/mol. The van der Waals surface area contributed by atoms with Crippen molar-refractivity contribution >= 4 is 40.7 Å². The number of nitrogens with zero attached hydrogens (tertiary/aromatic N) is 2. The SMILES string of the molecule is CC(C)c1cc(Nc2cc(Cl)cc(Cl)c2)nc(N)n1. The third-order valence-electron chi connectivity index (χ3n) is 2.49. The van der Waals surface area contributed by atoms with Gasteiger partial charge < -0.3 is 11.1 Å². The summed E-state index contributed by atoms with van der Waals surface area (Å²) in [7, 11) is 0. The van der Waals surface area contributed by atoms with Crippen LogP contribution in [0.25, 0.3) is 0 Å². The van der Waals surface area contributed by atoms with Crippen molar-refractivity contribution in [3.8, 4) is 0 Å². The Balaban J connectivity index is 2.32. The Morgan fingerprint density at radius 2 is 1.68 bits per heavy atom. The van der Waals surface area contributed by atoms with Crippen molar-refractivity contribution in [3.63, 3.8) is 0 Å². The summed E-state index contributed by atoms with van der Waals surface area (Å²) in [5.74, 6) is 1.13. The van der Waals surface area contributed by atoms with E-state index in [-0.39, 0.29) is 11.9 Å². The molecule has 0 aliphatic rings. The number of halogens is 2. The first-order valence-corrected chi connectivity index (χ1v) is 6.57. The number of hydrogen-bond acceptors (Lipinski definition) is 4. The van der Waals surface area contributed by atoms with Gasteiger partial charge >= 0.3 is 0 Å². The van der Waals surface area contributed by atoms with Crippen LogP contribution in [0.2, 0.25) is 10.0 Å². The minimum absolute atomic E-state index is 0.238. The number of anilines is 3. The molecule has 6 heteroatoms. The van der Waals surface area contributed by atoms with Gasteiger partial charge in [-0.25, -0.2) is 4.98 Å². The van der Waals surface area contributed by atoms with Gasteiger partial charge in [-0.05, 0) is 24.1 Å². The fraction of sp³-hybridized carbons (Fsp3) is 0.231. The van der Waals surface area contributed by atoms with Crippen LogP contribution < -0.4 is 11.1 Å². The Morgan fingerprint density at radius 1 is 1.05 bits per heavy atom. The van der Waals surface area contributed by atoms with E-state index in [4.69, 9.17) is 28.9 Å². The fourth-order valence-electron chi connectivity index (χ4n) is 1.62. The molecular weight excluding hydrogens is 283 g/mol. The van der Waals surface area contributed by atoms with Gasteiger partial charge in [0.15, 0.2) is 0 Å². The molecule has 0 atom stereocenters. The minimum Gasteiger partial charge on any atom is -0.368 e. The summed E-state index contributed by atoms with van der Waals surface area (Å²) in [6.07, 6.45) is 0. The van der Waals surface area contributed by atoms with Gasteiger partial charge in [-0.15, -0.1) is 0 Å². The zero-order valence-electron chi connectivity index (χ0n) is 10.6. The quantitative estimate of drug-likeness (QED) is 0.889. The Hall–Kier alpha value is -1.52. The van der Waals surface area contributed by atoms with Crippen LogP contribution in [0.1, 0.15) is 25.5 Å². The lowest BCUT2D eigenvalue weighted by Gasteiger charge is -2.10. The Labute approximate surface area is 122 Å². The highest BCUT2D eigenvalue weighted by Crippen LogP contribution is 2.25. The number of nitrogen functional groups attached to an aromatic ring is 1. The van der Waals surface area contributed by atoms with E-state index in [0.717, 1.165) is 11.4 Å². The molecule has 0 aliphatic heterocycles. The third kappa shape index (κ3) is 3.72. The molecule has 100 valence electrons. The second-order valence-corrected chi connectivity index (χ2v) is 5.35. The van der Waals surface area contributed by atoms with E-state index in [1.54, 1.807) is 18.2 Å². The summed E-state index contributed by atoms with van der Waals surface area (Å²) in [5, 5.41) is 4.23. The van der Waals surface area contributed by atoms with Gasteiger partial charge in [0, 0.05) is 21.8 Å². The topological polar surface area (TPSA) is 63.8 Å². The van der Waals surface area contributed by atoms with E-state index in [1.807, 2.05) is 19.9 Å². The summed E-state index contributed by atoms with van der Waals surface area (Å²) in [4.78, 5) is 8.32. The zero-order valence-corrected chi connectivity index (χ0v) is 12.1. The van der Waals surface area contributed by atoms with Crippen molar-refractivity contribution in [2.45, 2.75) is 19.8 Å². The predicted octanol–water partition coefficient (Wildman–Crippen LogP) is 4.23. The average Bonchev–Trinajstić information content (AvgIpc) is 2.26. The van der Waals surface area contributed by atoms with Crippen LogP contribution in [0, 0.1) is 0 Å². The van der Waals surface area contributed by atoms with Crippen LogP contribution in [0.5, 0.6) is 0 Å². The number of rotatable bonds is 3. The van der Waals surface area contributed by atoms with Crippen molar-refractivity contribution in [3.05, 3.63) is 40.0 Å². The number of nitrogens with two attached hydrogens (primary N) is 1. The van der Waals surface area contributed by atoms with E-state index in [2.05, 4.69) is 15.3 Å². The maximum absolute atomic E-state index is 5.95. The molecular formula is C13H14Cl2N4. The Kier molecular flexibility index (Phi) is 4.12. The van der Waals surface area contributed by atoms with Gasteiger partial charge in [-0.1, -0.05) is 37.0 Å². The molecule has 0 fully saturated rings. The molecule has 3 N–H and O–H groups in total. The lowest BCUT2D eigenvalue weighted by molar-refractivity contribution is 0.819. The number of nitrogens with one attached hydrogen (secondary N) is 1. The third-order valence-corrected chi connectivity index (χ3v) is 2.93. The molecule has 1 aromatic carbocycles. The van der Waals surface area contributed by atoms with E-state index >= 15 is 0 Å². The summed E-state index contributed by atoms with van der Waals surface area (Å²) < 4.78 is 0. The molecule has 1 aromatic heterocycles. The van der Waals surface area contributed by atoms with Gasteiger partial charge in [0.25, 0.3) is 0 Å². The first kappa shape index (κ1) is 13.9. The van der Waals surface area contributed by atoms with Crippen LogP contribution in [0.4, 0.5) is 17.5 Å². The van der Waals surface area contributed by atoms with Crippen LogP contribution in [0.15, 0.2) is 24.3 Å². The molecule has 0 unspecified atom stereocenters. The van der Waals surface area contributed by atoms with E-state index < -0.39 is 0 Å². The first-order chi connectivity index (χ1) is 8.94. The summed E-state index contributed by atoms with van der Waals surface area (Å²) >= 11 is 11.9. The van der Waals surface area contributed by atoms with Crippen LogP contribution in [-0.2, 0) is 0 Å². The predicted molar refractivity (Wildman–Crippen MR) is 80.3 cm³/mol. The second kappa shape index (κ2) is 5.63. The van der Waals surface area contributed by atoms with E-state index in [1.165, 1.54) is 0 Å². The van der Waals surface area contributed by atoms with Gasteiger partial charge in [-0.2, -0.15) is 4.98 Å². The van der Waals surface area contributed by atoms with Crippen LogP contribution >= 0.6 is 23.2 Å². The number of hydrogen-bond donors (Lipinski definition) is 2. The first-order valence-electron chi connectivity index (χ1n) is 5.81. The maximum Gasteiger partial charge on any atom is 0.222 e. The molecule has 0 bridgehead atoms. The van der Waals surface area contributed by atoms with Gasteiger partial charge in [0.05, 0.1) is 5.69 Å².